The van der Waals surface area contributed by atoms with Gasteiger partial charge in [0.25, 0.3) is 0 Å². The second-order valence-electron chi connectivity index (χ2n) is 9.33. The Bertz CT molecular complexity index is 1270. The van der Waals surface area contributed by atoms with Gasteiger partial charge < -0.3 is 9.84 Å². The molecule has 7 heteroatoms. The number of carboxylic acids is 1. The quantitative estimate of drug-likeness (QED) is 0.295. The first-order valence-electron chi connectivity index (χ1n) is 12.6. The molecule has 0 aliphatic heterocycles. The molecule has 0 aromatic heterocycles. The Morgan fingerprint density at radius 1 is 0.892 bits per heavy atom. The Labute approximate surface area is 219 Å². The van der Waals surface area contributed by atoms with Crippen molar-refractivity contribution in [3.8, 4) is 11.1 Å². The van der Waals surface area contributed by atoms with Gasteiger partial charge in [0.15, 0.2) is 0 Å². The molecule has 0 unspecified atom stereocenters. The van der Waals surface area contributed by atoms with Gasteiger partial charge in [0.05, 0.1) is 17.6 Å². The minimum atomic E-state index is -3.65. The molecule has 3 aromatic carbocycles. The van der Waals surface area contributed by atoms with Crippen LogP contribution >= 0.6 is 0 Å². The summed E-state index contributed by atoms with van der Waals surface area (Å²) < 4.78 is 35.2. The molecule has 6 nitrogen and oxygen atoms in total. The molecule has 1 fully saturated rings. The molecular formula is C30H33NO5S. The summed E-state index contributed by atoms with van der Waals surface area (Å²) in [5.74, 6) is -0.887. The fraction of sp³-hybridized carbons (Fsp3) is 0.300. The van der Waals surface area contributed by atoms with Crippen LogP contribution in [0.1, 0.15) is 37.7 Å². The van der Waals surface area contributed by atoms with E-state index in [-0.39, 0.29) is 29.4 Å². The second kappa shape index (κ2) is 12.8. The lowest BCUT2D eigenvalue weighted by Gasteiger charge is -2.25. The van der Waals surface area contributed by atoms with Gasteiger partial charge in [-0.3, -0.25) is 4.79 Å². The number of allylic oxidation sites excluding steroid dienone is 2. The second-order valence-corrected chi connectivity index (χ2v) is 11.0. The summed E-state index contributed by atoms with van der Waals surface area (Å²) in [6.45, 7) is 0.442. The van der Waals surface area contributed by atoms with Crippen LogP contribution in [-0.4, -0.2) is 31.6 Å². The van der Waals surface area contributed by atoms with E-state index in [1.165, 1.54) is 0 Å². The Kier molecular flexibility index (Phi) is 9.28. The number of benzene rings is 3. The van der Waals surface area contributed by atoms with Crippen LogP contribution < -0.4 is 4.72 Å². The molecule has 4 rings (SSSR count). The highest BCUT2D eigenvalue weighted by Gasteiger charge is 2.38. The van der Waals surface area contributed by atoms with E-state index < -0.39 is 16.0 Å². The topological polar surface area (TPSA) is 92.7 Å². The summed E-state index contributed by atoms with van der Waals surface area (Å²) in [7, 11) is -3.65. The first kappa shape index (κ1) is 26.8. The molecule has 194 valence electrons. The zero-order valence-corrected chi connectivity index (χ0v) is 21.5. The molecule has 37 heavy (non-hydrogen) atoms. The van der Waals surface area contributed by atoms with Crippen molar-refractivity contribution in [3.63, 3.8) is 0 Å². The number of carboxylic acid groups (broad SMARTS) is 1. The molecule has 0 radical (unpaired) electrons. The van der Waals surface area contributed by atoms with E-state index in [2.05, 4.69) is 41.1 Å². The van der Waals surface area contributed by atoms with Gasteiger partial charge in [-0.25, -0.2) is 13.1 Å². The van der Waals surface area contributed by atoms with Gasteiger partial charge in [0.2, 0.25) is 10.0 Å². The van der Waals surface area contributed by atoms with Crippen LogP contribution in [0.4, 0.5) is 0 Å². The van der Waals surface area contributed by atoms with Crippen LogP contribution in [0.3, 0.4) is 0 Å². The highest BCUT2D eigenvalue weighted by atomic mass is 32.2. The van der Waals surface area contributed by atoms with Crippen LogP contribution in [0, 0.1) is 5.92 Å². The third-order valence-corrected chi connectivity index (χ3v) is 8.25. The van der Waals surface area contributed by atoms with E-state index in [0.717, 1.165) is 23.1 Å². The molecule has 0 amide bonds. The smallest absolute Gasteiger partial charge is 0.303 e. The van der Waals surface area contributed by atoms with Crippen molar-refractivity contribution in [3.05, 3.63) is 103 Å². The van der Waals surface area contributed by atoms with Crippen molar-refractivity contribution in [2.24, 2.45) is 5.92 Å². The summed E-state index contributed by atoms with van der Waals surface area (Å²) in [6.07, 6.45) is 6.25. The number of aliphatic carboxylic acids is 1. The van der Waals surface area contributed by atoms with Crippen LogP contribution in [0.25, 0.3) is 11.1 Å². The average molecular weight is 520 g/mol. The lowest BCUT2D eigenvalue weighted by molar-refractivity contribution is -0.136. The van der Waals surface area contributed by atoms with Crippen molar-refractivity contribution in [1.82, 2.24) is 4.72 Å². The van der Waals surface area contributed by atoms with Crippen molar-refractivity contribution in [2.45, 2.75) is 55.8 Å². The zero-order valence-electron chi connectivity index (χ0n) is 20.7. The lowest BCUT2D eigenvalue weighted by Crippen LogP contribution is -2.39. The van der Waals surface area contributed by atoms with E-state index in [9.17, 15) is 13.2 Å². The maximum Gasteiger partial charge on any atom is 0.303 e. The number of rotatable bonds is 12. The molecule has 0 heterocycles. The molecule has 1 aliphatic rings. The summed E-state index contributed by atoms with van der Waals surface area (Å²) in [4.78, 5) is 11.0. The van der Waals surface area contributed by atoms with Gasteiger partial charge in [-0.2, -0.15) is 0 Å². The summed E-state index contributed by atoms with van der Waals surface area (Å²) in [6, 6.07) is 26.6. The fourth-order valence-corrected chi connectivity index (χ4v) is 6.12. The summed E-state index contributed by atoms with van der Waals surface area (Å²) in [5.41, 5.74) is 3.36. The normalized spacial score (nSPS) is 19.8. The number of carbonyl (C=O) groups is 1. The predicted molar refractivity (Wildman–Crippen MR) is 144 cm³/mol. The van der Waals surface area contributed by atoms with Gasteiger partial charge in [-0.1, -0.05) is 84.9 Å². The van der Waals surface area contributed by atoms with E-state index in [1.807, 2.05) is 30.4 Å². The molecule has 2 N–H and O–H groups in total. The third-order valence-electron chi connectivity index (χ3n) is 6.74. The summed E-state index contributed by atoms with van der Waals surface area (Å²) in [5, 5.41) is 8.87. The van der Waals surface area contributed by atoms with Crippen molar-refractivity contribution >= 4 is 16.0 Å². The average Bonchev–Trinajstić information content (AvgIpc) is 3.28. The highest BCUT2D eigenvalue weighted by Crippen LogP contribution is 2.34. The monoisotopic (exact) mass is 519 g/mol. The van der Waals surface area contributed by atoms with Gasteiger partial charge in [0.1, 0.15) is 0 Å². The molecule has 0 bridgehead atoms. The molecule has 3 atom stereocenters. The van der Waals surface area contributed by atoms with E-state index >= 15 is 0 Å². The minimum absolute atomic E-state index is 0.0526. The Morgan fingerprint density at radius 2 is 1.54 bits per heavy atom. The van der Waals surface area contributed by atoms with Crippen molar-refractivity contribution in [2.75, 3.05) is 0 Å². The number of nitrogens with one attached hydrogen (secondary N) is 1. The first-order valence-corrected chi connectivity index (χ1v) is 14.1. The molecule has 0 spiro atoms. The van der Waals surface area contributed by atoms with E-state index in [0.29, 0.717) is 25.9 Å². The maximum atomic E-state index is 13.0. The van der Waals surface area contributed by atoms with Crippen LogP contribution in [0.5, 0.6) is 0 Å². The largest absolute Gasteiger partial charge is 0.481 e. The SMILES string of the molecule is O=C(O)CC/C=C\C[C@@H]1[C@@H](NS(=O)(=O)c2ccccc2)CC[C@@H]1OCc1ccc(-c2ccccc2)cc1. The van der Waals surface area contributed by atoms with E-state index in [1.54, 1.807) is 30.3 Å². The van der Waals surface area contributed by atoms with Crippen LogP contribution in [-0.2, 0) is 26.2 Å². The fourth-order valence-electron chi connectivity index (χ4n) is 4.77. The van der Waals surface area contributed by atoms with Crippen molar-refractivity contribution in [1.29, 1.82) is 0 Å². The Morgan fingerprint density at radius 3 is 2.22 bits per heavy atom. The predicted octanol–water partition coefficient (Wildman–Crippen LogP) is 5.81. The Hall–Kier alpha value is -3.26. The standard InChI is InChI=1S/C30H33NO5S/c32-30(33)15-9-3-8-14-27-28(31-37(34,35)26-12-6-2-7-13-26)20-21-29(27)36-22-23-16-18-25(19-17-23)24-10-4-1-5-11-24/h1-8,10-13,16-19,27-29,31H,9,14-15,20-22H2,(H,32,33)/b8-3-/t27-,28+,29+/m1/s1. The van der Waals surface area contributed by atoms with Crippen molar-refractivity contribution < 1.29 is 23.1 Å². The minimum Gasteiger partial charge on any atom is -0.481 e. The van der Waals surface area contributed by atoms with Gasteiger partial charge in [-0.15, -0.1) is 0 Å². The third kappa shape index (κ3) is 7.61. The van der Waals surface area contributed by atoms with Gasteiger partial charge in [-0.05, 0) is 54.5 Å². The molecule has 1 saturated carbocycles. The molecule has 1 aliphatic carbocycles. The summed E-state index contributed by atoms with van der Waals surface area (Å²) >= 11 is 0. The van der Waals surface area contributed by atoms with E-state index in [4.69, 9.17) is 9.84 Å². The molecular weight excluding hydrogens is 486 g/mol. The highest BCUT2D eigenvalue weighted by molar-refractivity contribution is 7.89. The molecule has 3 aromatic rings. The number of hydrogen-bond acceptors (Lipinski definition) is 4. The first-order chi connectivity index (χ1) is 17.9. The Balaban J connectivity index is 1.42. The van der Waals surface area contributed by atoms with Crippen LogP contribution in [0.15, 0.2) is 102 Å². The zero-order chi connectivity index (χ0) is 26.1. The number of sulfonamides is 1. The van der Waals surface area contributed by atoms with Gasteiger partial charge in [0, 0.05) is 18.4 Å². The number of hydrogen-bond donors (Lipinski definition) is 2. The maximum absolute atomic E-state index is 13.0. The number of ether oxygens (including phenoxy) is 1. The van der Waals surface area contributed by atoms with Gasteiger partial charge >= 0.3 is 5.97 Å². The lowest BCUT2D eigenvalue weighted by atomic mass is 9.97. The molecule has 0 saturated heterocycles. The van der Waals surface area contributed by atoms with Crippen LogP contribution in [0.2, 0.25) is 0 Å².